The van der Waals surface area contributed by atoms with E-state index in [2.05, 4.69) is 0 Å². The SMILES string of the molecule is Cc1cc(S(N)(=O)=O)ccc1OCC1CC2CCC1C2. The maximum absolute atomic E-state index is 11.3. The van der Waals surface area contributed by atoms with Gasteiger partial charge in [0.1, 0.15) is 5.75 Å². The van der Waals surface area contributed by atoms with Gasteiger partial charge in [0.05, 0.1) is 11.5 Å². The number of aryl methyl sites for hydroxylation is 1. The van der Waals surface area contributed by atoms with Gasteiger partial charge in [-0.1, -0.05) is 6.42 Å². The van der Waals surface area contributed by atoms with E-state index in [4.69, 9.17) is 9.88 Å². The summed E-state index contributed by atoms with van der Waals surface area (Å²) in [6.45, 7) is 2.60. The minimum absolute atomic E-state index is 0.141. The molecule has 0 aliphatic heterocycles. The largest absolute Gasteiger partial charge is 0.493 e. The van der Waals surface area contributed by atoms with E-state index in [1.807, 2.05) is 6.92 Å². The van der Waals surface area contributed by atoms with Crippen LogP contribution in [0.25, 0.3) is 0 Å². The van der Waals surface area contributed by atoms with Crippen LogP contribution in [0.15, 0.2) is 23.1 Å². The van der Waals surface area contributed by atoms with Crippen LogP contribution in [0.1, 0.15) is 31.2 Å². The van der Waals surface area contributed by atoms with Gasteiger partial charge < -0.3 is 4.74 Å². The van der Waals surface area contributed by atoms with E-state index in [1.54, 1.807) is 12.1 Å². The number of nitrogens with two attached hydrogens (primary N) is 1. The van der Waals surface area contributed by atoms with Crippen LogP contribution in [0.4, 0.5) is 0 Å². The molecule has 2 aliphatic rings. The van der Waals surface area contributed by atoms with Gasteiger partial charge >= 0.3 is 0 Å². The first-order valence-electron chi connectivity index (χ1n) is 7.20. The second-order valence-electron chi connectivity index (χ2n) is 6.22. The number of rotatable bonds is 4. The fourth-order valence-electron chi connectivity index (χ4n) is 3.74. The summed E-state index contributed by atoms with van der Waals surface area (Å²) in [6.07, 6.45) is 5.40. The zero-order valence-corrected chi connectivity index (χ0v) is 12.5. The number of fused-ring (bicyclic) bond motifs is 2. The Kier molecular flexibility index (Phi) is 3.50. The summed E-state index contributed by atoms with van der Waals surface area (Å²) in [5.41, 5.74) is 0.819. The molecule has 3 atom stereocenters. The monoisotopic (exact) mass is 295 g/mol. The first kappa shape index (κ1) is 13.9. The molecular weight excluding hydrogens is 274 g/mol. The van der Waals surface area contributed by atoms with Gasteiger partial charge in [-0.05, 0) is 67.7 Å². The van der Waals surface area contributed by atoms with E-state index >= 15 is 0 Å². The van der Waals surface area contributed by atoms with Gasteiger partial charge in [0.25, 0.3) is 0 Å². The highest BCUT2D eigenvalue weighted by Crippen LogP contribution is 2.48. The molecule has 0 saturated heterocycles. The molecule has 1 aromatic rings. The number of hydrogen-bond donors (Lipinski definition) is 1. The van der Waals surface area contributed by atoms with Gasteiger partial charge in [-0.25, -0.2) is 13.6 Å². The smallest absolute Gasteiger partial charge is 0.238 e. The van der Waals surface area contributed by atoms with Gasteiger partial charge in [-0.2, -0.15) is 0 Å². The standard InChI is InChI=1S/C15H21NO3S/c1-10-6-14(20(16,17)18)4-5-15(10)19-9-13-8-11-2-3-12(13)7-11/h4-6,11-13H,2-3,7-9H2,1H3,(H2,16,17,18). The molecule has 3 rings (SSSR count). The van der Waals surface area contributed by atoms with Gasteiger partial charge in [0.2, 0.25) is 10.0 Å². The van der Waals surface area contributed by atoms with Crippen molar-refractivity contribution >= 4 is 10.0 Å². The summed E-state index contributed by atoms with van der Waals surface area (Å²) in [4.78, 5) is 0.141. The molecule has 2 bridgehead atoms. The number of sulfonamides is 1. The van der Waals surface area contributed by atoms with E-state index in [1.165, 1.54) is 31.7 Å². The molecule has 2 N–H and O–H groups in total. The lowest BCUT2D eigenvalue weighted by atomic mass is 9.89. The zero-order valence-electron chi connectivity index (χ0n) is 11.7. The Hall–Kier alpha value is -1.07. The third kappa shape index (κ3) is 2.69. The maximum Gasteiger partial charge on any atom is 0.238 e. The number of ether oxygens (including phenoxy) is 1. The minimum atomic E-state index is -3.64. The summed E-state index contributed by atoms with van der Waals surface area (Å²) in [6, 6.07) is 4.80. The highest BCUT2D eigenvalue weighted by atomic mass is 32.2. The minimum Gasteiger partial charge on any atom is -0.493 e. The fraction of sp³-hybridized carbons (Fsp3) is 0.600. The number of hydrogen-bond acceptors (Lipinski definition) is 3. The van der Waals surface area contributed by atoms with Crippen molar-refractivity contribution in [2.24, 2.45) is 22.9 Å². The van der Waals surface area contributed by atoms with Crippen LogP contribution in [-0.2, 0) is 10.0 Å². The van der Waals surface area contributed by atoms with Crippen molar-refractivity contribution in [2.75, 3.05) is 6.61 Å². The van der Waals surface area contributed by atoms with Crippen molar-refractivity contribution in [3.8, 4) is 5.75 Å². The molecule has 2 saturated carbocycles. The molecule has 0 radical (unpaired) electrons. The molecule has 110 valence electrons. The molecule has 2 aliphatic carbocycles. The zero-order chi connectivity index (χ0) is 14.3. The lowest BCUT2D eigenvalue weighted by molar-refractivity contribution is 0.194. The second-order valence-corrected chi connectivity index (χ2v) is 7.78. The molecule has 0 aromatic heterocycles. The van der Waals surface area contributed by atoms with E-state index < -0.39 is 10.0 Å². The van der Waals surface area contributed by atoms with Crippen LogP contribution in [0.3, 0.4) is 0 Å². The Morgan fingerprint density at radius 1 is 1.30 bits per heavy atom. The molecule has 0 amide bonds. The normalized spacial score (nSPS) is 28.8. The van der Waals surface area contributed by atoms with E-state index in [0.29, 0.717) is 5.92 Å². The molecule has 3 unspecified atom stereocenters. The Morgan fingerprint density at radius 3 is 2.65 bits per heavy atom. The van der Waals surface area contributed by atoms with Crippen LogP contribution in [-0.4, -0.2) is 15.0 Å². The third-order valence-corrected chi connectivity index (χ3v) is 5.72. The number of benzene rings is 1. The van der Waals surface area contributed by atoms with Crippen LogP contribution in [0.2, 0.25) is 0 Å². The van der Waals surface area contributed by atoms with E-state index in [-0.39, 0.29) is 4.90 Å². The van der Waals surface area contributed by atoms with Crippen LogP contribution in [0.5, 0.6) is 5.75 Å². The first-order valence-corrected chi connectivity index (χ1v) is 8.74. The summed E-state index contributed by atoms with van der Waals surface area (Å²) < 4.78 is 28.5. The molecular formula is C15H21NO3S. The van der Waals surface area contributed by atoms with Crippen molar-refractivity contribution in [3.63, 3.8) is 0 Å². The van der Waals surface area contributed by atoms with Crippen molar-refractivity contribution in [1.29, 1.82) is 0 Å². The van der Waals surface area contributed by atoms with Crippen molar-refractivity contribution in [1.82, 2.24) is 0 Å². The molecule has 0 heterocycles. The van der Waals surface area contributed by atoms with Crippen molar-refractivity contribution < 1.29 is 13.2 Å². The highest BCUT2D eigenvalue weighted by Gasteiger charge is 2.39. The first-order chi connectivity index (χ1) is 9.43. The average molecular weight is 295 g/mol. The van der Waals surface area contributed by atoms with Gasteiger partial charge in [0.15, 0.2) is 0 Å². The van der Waals surface area contributed by atoms with Crippen molar-refractivity contribution in [3.05, 3.63) is 23.8 Å². The van der Waals surface area contributed by atoms with Crippen LogP contribution in [0, 0.1) is 24.7 Å². The van der Waals surface area contributed by atoms with Crippen LogP contribution < -0.4 is 9.88 Å². The number of primary sulfonamides is 1. The lowest BCUT2D eigenvalue weighted by Crippen LogP contribution is -2.19. The molecule has 0 spiro atoms. The Bertz CT molecular complexity index is 612. The fourth-order valence-corrected chi connectivity index (χ4v) is 4.34. The van der Waals surface area contributed by atoms with Gasteiger partial charge in [-0.3, -0.25) is 0 Å². The summed E-state index contributed by atoms with van der Waals surface area (Å²) in [7, 11) is -3.64. The van der Waals surface area contributed by atoms with E-state index in [0.717, 1.165) is 29.8 Å². The van der Waals surface area contributed by atoms with E-state index in [9.17, 15) is 8.42 Å². The Balaban J connectivity index is 1.66. The summed E-state index contributed by atoms with van der Waals surface area (Å²) in [5.74, 6) is 3.19. The quantitative estimate of drug-likeness (QED) is 0.927. The highest BCUT2D eigenvalue weighted by molar-refractivity contribution is 7.89. The maximum atomic E-state index is 11.3. The lowest BCUT2D eigenvalue weighted by Gasteiger charge is -2.22. The van der Waals surface area contributed by atoms with Crippen LogP contribution >= 0.6 is 0 Å². The summed E-state index contributed by atoms with van der Waals surface area (Å²) >= 11 is 0. The molecule has 20 heavy (non-hydrogen) atoms. The third-order valence-electron chi connectivity index (χ3n) is 4.81. The molecule has 5 heteroatoms. The second kappa shape index (κ2) is 5.04. The Morgan fingerprint density at radius 2 is 2.10 bits per heavy atom. The molecule has 2 fully saturated rings. The molecule has 4 nitrogen and oxygen atoms in total. The predicted octanol–water partition coefficient (Wildman–Crippen LogP) is 2.46. The van der Waals surface area contributed by atoms with Gasteiger partial charge in [0, 0.05) is 0 Å². The van der Waals surface area contributed by atoms with Gasteiger partial charge in [-0.15, -0.1) is 0 Å². The topological polar surface area (TPSA) is 69.4 Å². The predicted molar refractivity (Wildman–Crippen MR) is 77.0 cm³/mol. The Labute approximate surface area is 120 Å². The van der Waals surface area contributed by atoms with Crippen molar-refractivity contribution in [2.45, 2.75) is 37.5 Å². The summed E-state index contributed by atoms with van der Waals surface area (Å²) in [5, 5.41) is 5.12. The molecule has 1 aromatic carbocycles. The average Bonchev–Trinajstić information content (AvgIpc) is 2.98.